The largest absolute Gasteiger partial charge is 0.463 e. The van der Waals surface area contributed by atoms with E-state index in [1.807, 2.05) is 60.5 Å². The molecule has 0 fully saturated rings. The van der Waals surface area contributed by atoms with Gasteiger partial charge in [0.25, 0.3) is 0 Å². The van der Waals surface area contributed by atoms with Crippen LogP contribution in [0.15, 0.2) is 66.4 Å². The first-order valence-corrected chi connectivity index (χ1v) is 7.09. The average molecular weight is 279 g/mol. The molecule has 0 radical (unpaired) electrons. The molecule has 0 bridgehead atoms. The first-order chi connectivity index (χ1) is 10.3. The van der Waals surface area contributed by atoms with E-state index < -0.39 is 0 Å². The van der Waals surface area contributed by atoms with E-state index in [4.69, 9.17) is 4.74 Å². The number of anilines is 2. The number of para-hydroxylation sites is 2. The van der Waals surface area contributed by atoms with Gasteiger partial charge in [-0.2, -0.15) is 0 Å². The van der Waals surface area contributed by atoms with Gasteiger partial charge in [-0.1, -0.05) is 36.4 Å². The molecule has 0 spiro atoms. The molecule has 0 atom stereocenters. The van der Waals surface area contributed by atoms with E-state index in [1.165, 1.54) is 0 Å². The van der Waals surface area contributed by atoms with Crippen LogP contribution < -0.4 is 4.90 Å². The summed E-state index contributed by atoms with van der Waals surface area (Å²) in [7, 11) is 0. The zero-order valence-electron chi connectivity index (χ0n) is 12.0. The highest BCUT2D eigenvalue weighted by Gasteiger charge is 2.22. The van der Waals surface area contributed by atoms with Crippen LogP contribution in [0.3, 0.4) is 0 Å². The van der Waals surface area contributed by atoms with Crippen molar-refractivity contribution in [2.75, 3.05) is 11.5 Å². The predicted octanol–water partition coefficient (Wildman–Crippen LogP) is 3.83. The van der Waals surface area contributed by atoms with Crippen molar-refractivity contribution in [1.82, 2.24) is 0 Å². The zero-order chi connectivity index (χ0) is 14.7. The Kier molecular flexibility index (Phi) is 3.73. The third-order valence-electron chi connectivity index (χ3n) is 3.49. The first-order valence-electron chi connectivity index (χ1n) is 7.09. The third-order valence-corrected chi connectivity index (χ3v) is 3.49. The molecule has 0 saturated carbocycles. The molecule has 1 heterocycles. The number of carbonyl (C=O) groups is 1. The quantitative estimate of drug-likeness (QED) is 0.800. The van der Waals surface area contributed by atoms with Crippen molar-refractivity contribution in [3.8, 4) is 0 Å². The van der Waals surface area contributed by atoms with Crippen molar-refractivity contribution in [2.45, 2.75) is 13.3 Å². The summed E-state index contributed by atoms with van der Waals surface area (Å²) in [6.07, 6.45) is 2.49. The summed E-state index contributed by atoms with van der Waals surface area (Å²) in [5, 5.41) is 0. The lowest BCUT2D eigenvalue weighted by atomic mass is 9.99. The van der Waals surface area contributed by atoms with E-state index in [-0.39, 0.29) is 5.97 Å². The normalized spacial score (nSPS) is 13.4. The fourth-order valence-electron chi connectivity index (χ4n) is 2.52. The van der Waals surface area contributed by atoms with Crippen LogP contribution in [0.2, 0.25) is 0 Å². The van der Waals surface area contributed by atoms with Gasteiger partial charge in [-0.05, 0) is 30.7 Å². The molecular weight excluding hydrogens is 262 g/mol. The van der Waals surface area contributed by atoms with Gasteiger partial charge >= 0.3 is 5.97 Å². The van der Waals surface area contributed by atoms with E-state index in [0.717, 1.165) is 16.9 Å². The van der Waals surface area contributed by atoms with Gasteiger partial charge < -0.3 is 9.64 Å². The molecule has 3 heteroatoms. The van der Waals surface area contributed by atoms with Crippen LogP contribution in [0.5, 0.6) is 0 Å². The summed E-state index contributed by atoms with van der Waals surface area (Å²) in [5.74, 6) is -0.243. The van der Waals surface area contributed by atoms with Crippen LogP contribution >= 0.6 is 0 Å². The smallest absolute Gasteiger partial charge is 0.335 e. The second-order valence-electron chi connectivity index (χ2n) is 4.89. The summed E-state index contributed by atoms with van der Waals surface area (Å²) < 4.78 is 5.15. The summed E-state index contributed by atoms with van der Waals surface area (Å²) in [6.45, 7) is 2.22. The molecule has 3 nitrogen and oxygen atoms in total. The minimum atomic E-state index is -0.243. The van der Waals surface area contributed by atoms with Gasteiger partial charge in [0.1, 0.15) is 0 Å². The van der Waals surface area contributed by atoms with Crippen molar-refractivity contribution < 1.29 is 9.53 Å². The van der Waals surface area contributed by atoms with Crippen molar-refractivity contribution in [2.24, 2.45) is 0 Å². The maximum absolute atomic E-state index is 12.1. The number of benzene rings is 2. The van der Waals surface area contributed by atoms with Gasteiger partial charge in [-0.25, -0.2) is 4.79 Å². The van der Waals surface area contributed by atoms with Crippen LogP contribution in [0, 0.1) is 0 Å². The number of rotatable bonds is 3. The Morgan fingerprint density at radius 2 is 1.81 bits per heavy atom. The fourth-order valence-corrected chi connectivity index (χ4v) is 2.52. The predicted molar refractivity (Wildman–Crippen MR) is 83.4 cm³/mol. The number of fused-ring (bicyclic) bond motifs is 1. The fraction of sp³-hybridized carbons (Fsp3) is 0.167. The molecule has 21 heavy (non-hydrogen) atoms. The number of nitrogens with zero attached hydrogens (tertiary/aromatic N) is 1. The highest BCUT2D eigenvalue weighted by atomic mass is 16.5. The molecule has 0 N–H and O–H groups in total. The zero-order valence-corrected chi connectivity index (χ0v) is 12.0. The average Bonchev–Trinajstić information content (AvgIpc) is 2.55. The topological polar surface area (TPSA) is 29.5 Å². The minimum Gasteiger partial charge on any atom is -0.463 e. The van der Waals surface area contributed by atoms with Crippen molar-refractivity contribution in [3.05, 3.63) is 71.9 Å². The lowest BCUT2D eigenvalue weighted by Gasteiger charge is -2.28. The summed E-state index contributed by atoms with van der Waals surface area (Å²) in [5.41, 5.74) is 3.95. The van der Waals surface area contributed by atoms with Crippen molar-refractivity contribution >= 4 is 17.3 Å². The standard InChI is InChI=1S/C18H17NO2/c1-2-21-18(20)15-12-14-8-6-7-11-17(14)19(13-15)16-9-4-3-5-10-16/h3-11,13H,2,12H2,1H3. The number of hydrogen-bond acceptors (Lipinski definition) is 3. The summed E-state index contributed by atoms with van der Waals surface area (Å²) >= 11 is 0. The van der Waals surface area contributed by atoms with Crippen LogP contribution in [0.1, 0.15) is 12.5 Å². The highest BCUT2D eigenvalue weighted by molar-refractivity contribution is 5.92. The first kappa shape index (κ1) is 13.4. The Morgan fingerprint density at radius 3 is 2.57 bits per heavy atom. The molecular formula is C18H17NO2. The number of esters is 1. The van der Waals surface area contributed by atoms with Crippen molar-refractivity contribution in [1.29, 1.82) is 0 Å². The molecule has 3 rings (SSSR count). The van der Waals surface area contributed by atoms with Gasteiger partial charge in [0, 0.05) is 24.0 Å². The monoisotopic (exact) mass is 279 g/mol. The van der Waals surface area contributed by atoms with Gasteiger partial charge in [-0.15, -0.1) is 0 Å². The van der Waals surface area contributed by atoms with Crippen LogP contribution in [-0.4, -0.2) is 12.6 Å². The summed E-state index contributed by atoms with van der Waals surface area (Å²) in [6, 6.07) is 18.2. The SMILES string of the molecule is CCOC(=O)C1=CN(c2ccccc2)c2ccccc2C1. The van der Waals surface area contributed by atoms with Gasteiger partial charge in [0.15, 0.2) is 0 Å². The second kappa shape index (κ2) is 5.83. The molecule has 0 amide bonds. The molecule has 0 aromatic heterocycles. The molecule has 0 saturated heterocycles. The van der Waals surface area contributed by atoms with Crippen LogP contribution in [-0.2, 0) is 16.0 Å². The molecule has 0 aliphatic carbocycles. The van der Waals surface area contributed by atoms with Gasteiger partial charge in [-0.3, -0.25) is 0 Å². The van der Waals surface area contributed by atoms with E-state index in [9.17, 15) is 4.79 Å². The maximum Gasteiger partial charge on any atom is 0.335 e. The number of ether oxygens (including phenoxy) is 1. The Hall–Kier alpha value is -2.55. The Balaban J connectivity index is 2.05. The minimum absolute atomic E-state index is 0.243. The van der Waals surface area contributed by atoms with Crippen LogP contribution in [0.4, 0.5) is 11.4 Å². The molecule has 1 aliphatic rings. The molecule has 2 aromatic rings. The van der Waals surface area contributed by atoms with E-state index in [0.29, 0.717) is 18.6 Å². The second-order valence-corrected chi connectivity index (χ2v) is 4.89. The number of carbonyl (C=O) groups excluding carboxylic acids is 1. The maximum atomic E-state index is 12.1. The molecule has 0 unspecified atom stereocenters. The molecule has 1 aliphatic heterocycles. The Bertz CT molecular complexity index is 677. The Morgan fingerprint density at radius 1 is 1.10 bits per heavy atom. The molecule has 2 aromatic carbocycles. The highest BCUT2D eigenvalue weighted by Crippen LogP contribution is 2.34. The third kappa shape index (κ3) is 2.68. The molecule has 106 valence electrons. The van der Waals surface area contributed by atoms with E-state index in [1.54, 1.807) is 0 Å². The van der Waals surface area contributed by atoms with Crippen LogP contribution in [0.25, 0.3) is 0 Å². The van der Waals surface area contributed by atoms with Gasteiger partial charge in [0.2, 0.25) is 0 Å². The van der Waals surface area contributed by atoms with Crippen molar-refractivity contribution in [3.63, 3.8) is 0 Å². The lowest BCUT2D eigenvalue weighted by molar-refractivity contribution is -0.138. The summed E-state index contributed by atoms with van der Waals surface area (Å²) in [4.78, 5) is 14.1. The number of hydrogen-bond donors (Lipinski definition) is 0. The Labute approximate surface area is 124 Å². The van der Waals surface area contributed by atoms with E-state index >= 15 is 0 Å². The van der Waals surface area contributed by atoms with E-state index in [2.05, 4.69) is 12.1 Å². The van der Waals surface area contributed by atoms with Gasteiger partial charge in [0.05, 0.1) is 12.2 Å². The lowest BCUT2D eigenvalue weighted by Crippen LogP contribution is -2.21.